The predicted octanol–water partition coefficient (Wildman–Crippen LogP) is 1.50. The van der Waals surface area contributed by atoms with Gasteiger partial charge in [-0.25, -0.2) is 4.98 Å². The van der Waals surface area contributed by atoms with Crippen LogP contribution in [-0.4, -0.2) is 41.7 Å². The van der Waals surface area contributed by atoms with Crippen LogP contribution in [0.2, 0.25) is 0 Å². The Hall–Kier alpha value is -0.870. The third kappa shape index (κ3) is 2.38. The van der Waals surface area contributed by atoms with Crippen molar-refractivity contribution in [3.63, 3.8) is 0 Å². The first-order valence-electron chi connectivity index (χ1n) is 5.55. The van der Waals surface area contributed by atoms with Gasteiger partial charge in [-0.3, -0.25) is 4.90 Å². The minimum atomic E-state index is 0.467. The van der Waals surface area contributed by atoms with Gasteiger partial charge in [0.25, 0.3) is 0 Å². The number of methoxy groups -OCH3 is 1. The number of aromatic amines is 1. The van der Waals surface area contributed by atoms with E-state index in [1.807, 2.05) is 13.1 Å². The smallest absolute Gasteiger partial charge is 0.123 e. The van der Waals surface area contributed by atoms with Crippen molar-refractivity contribution < 1.29 is 4.74 Å². The van der Waals surface area contributed by atoms with Crippen LogP contribution in [0.1, 0.15) is 30.4 Å². The van der Waals surface area contributed by atoms with Gasteiger partial charge in [-0.2, -0.15) is 0 Å². The summed E-state index contributed by atoms with van der Waals surface area (Å²) in [5.74, 6) is 1.11. The zero-order chi connectivity index (χ0) is 10.7. The molecule has 0 radical (unpaired) electrons. The van der Waals surface area contributed by atoms with Crippen molar-refractivity contribution in [3.8, 4) is 0 Å². The number of aryl methyl sites for hydroxylation is 1. The Morgan fingerprint density at radius 1 is 1.67 bits per heavy atom. The fourth-order valence-electron chi connectivity index (χ4n) is 2.21. The Morgan fingerprint density at radius 3 is 3.20 bits per heavy atom. The number of likely N-dealkylation sites (tertiary alicyclic amines) is 1. The summed E-state index contributed by atoms with van der Waals surface area (Å²) in [7, 11) is 1.75. The van der Waals surface area contributed by atoms with E-state index in [1.54, 1.807) is 7.11 Å². The second-order valence-corrected chi connectivity index (χ2v) is 4.14. The molecule has 1 fully saturated rings. The lowest BCUT2D eigenvalue weighted by molar-refractivity contribution is 0.139. The lowest BCUT2D eigenvalue weighted by Crippen LogP contribution is -2.27. The van der Waals surface area contributed by atoms with E-state index in [2.05, 4.69) is 14.9 Å². The lowest BCUT2D eigenvalue weighted by atomic mass is 10.2. The minimum Gasteiger partial charge on any atom is -0.383 e. The van der Waals surface area contributed by atoms with E-state index in [4.69, 9.17) is 4.74 Å². The summed E-state index contributed by atoms with van der Waals surface area (Å²) in [5, 5.41) is 0. The average molecular weight is 209 g/mol. The first-order valence-corrected chi connectivity index (χ1v) is 5.55. The van der Waals surface area contributed by atoms with Gasteiger partial charge in [0.05, 0.1) is 12.6 Å². The van der Waals surface area contributed by atoms with Crippen molar-refractivity contribution in [2.24, 2.45) is 0 Å². The number of rotatable bonds is 4. The van der Waals surface area contributed by atoms with E-state index < -0.39 is 0 Å². The Morgan fingerprint density at radius 2 is 2.53 bits per heavy atom. The van der Waals surface area contributed by atoms with Gasteiger partial charge in [0, 0.05) is 25.5 Å². The van der Waals surface area contributed by atoms with Gasteiger partial charge in [-0.15, -0.1) is 0 Å². The Balaban J connectivity index is 2.01. The molecule has 4 heteroatoms. The van der Waals surface area contributed by atoms with Crippen LogP contribution in [0.15, 0.2) is 6.20 Å². The highest BCUT2D eigenvalue weighted by molar-refractivity contribution is 5.05. The molecular weight excluding hydrogens is 190 g/mol. The number of hydrogen-bond donors (Lipinski definition) is 1. The van der Waals surface area contributed by atoms with E-state index in [0.29, 0.717) is 6.04 Å². The van der Waals surface area contributed by atoms with Gasteiger partial charge < -0.3 is 9.72 Å². The molecule has 0 unspecified atom stereocenters. The fraction of sp³-hybridized carbons (Fsp3) is 0.727. The Kier molecular flexibility index (Phi) is 3.38. The van der Waals surface area contributed by atoms with Gasteiger partial charge in [0.15, 0.2) is 0 Å². The molecular formula is C11H19N3O. The molecule has 84 valence electrons. The van der Waals surface area contributed by atoms with Crippen LogP contribution in [0.25, 0.3) is 0 Å². The van der Waals surface area contributed by atoms with Crippen LogP contribution >= 0.6 is 0 Å². The number of aromatic nitrogens is 2. The van der Waals surface area contributed by atoms with Crippen molar-refractivity contribution in [3.05, 3.63) is 17.7 Å². The van der Waals surface area contributed by atoms with Gasteiger partial charge >= 0.3 is 0 Å². The highest BCUT2D eigenvalue weighted by atomic mass is 16.5. The van der Waals surface area contributed by atoms with Crippen LogP contribution < -0.4 is 0 Å². The topological polar surface area (TPSA) is 41.1 Å². The lowest BCUT2D eigenvalue weighted by Gasteiger charge is -2.22. The van der Waals surface area contributed by atoms with E-state index >= 15 is 0 Å². The number of imidazole rings is 1. The van der Waals surface area contributed by atoms with E-state index in [-0.39, 0.29) is 0 Å². The third-order valence-corrected chi connectivity index (χ3v) is 2.98. The molecule has 1 aromatic rings. The van der Waals surface area contributed by atoms with Crippen molar-refractivity contribution in [1.29, 1.82) is 0 Å². The largest absolute Gasteiger partial charge is 0.383 e. The van der Waals surface area contributed by atoms with E-state index in [9.17, 15) is 0 Å². The number of nitrogens with zero attached hydrogens (tertiary/aromatic N) is 2. The number of H-pyrrole nitrogens is 1. The van der Waals surface area contributed by atoms with Gasteiger partial charge in [0.1, 0.15) is 5.82 Å². The summed E-state index contributed by atoms with van der Waals surface area (Å²) in [5.41, 5.74) is 1.14. The van der Waals surface area contributed by atoms with Crippen LogP contribution in [-0.2, 0) is 4.74 Å². The van der Waals surface area contributed by atoms with Crippen molar-refractivity contribution in [2.75, 3.05) is 26.8 Å². The zero-order valence-electron chi connectivity index (χ0n) is 9.49. The zero-order valence-corrected chi connectivity index (χ0v) is 9.49. The molecule has 0 saturated carbocycles. The summed E-state index contributed by atoms with van der Waals surface area (Å²) < 4.78 is 5.12. The average Bonchev–Trinajstić information content (AvgIpc) is 2.82. The molecule has 1 saturated heterocycles. The summed E-state index contributed by atoms with van der Waals surface area (Å²) in [4.78, 5) is 10.2. The third-order valence-electron chi connectivity index (χ3n) is 2.98. The summed E-state index contributed by atoms with van der Waals surface area (Å²) >= 11 is 0. The maximum atomic E-state index is 5.12. The second-order valence-electron chi connectivity index (χ2n) is 4.14. The predicted molar refractivity (Wildman–Crippen MR) is 58.7 cm³/mol. The van der Waals surface area contributed by atoms with Crippen LogP contribution in [0.3, 0.4) is 0 Å². The molecule has 0 bridgehead atoms. The standard InChI is InChI=1S/C11H19N3O/c1-9-8-12-11(13-9)10-4-3-5-14(10)6-7-15-2/h8,10H,3-7H2,1-2H3,(H,12,13)/t10-/m1/s1. The van der Waals surface area contributed by atoms with Crippen molar-refractivity contribution in [1.82, 2.24) is 14.9 Å². The van der Waals surface area contributed by atoms with E-state index in [0.717, 1.165) is 31.2 Å². The minimum absolute atomic E-state index is 0.467. The summed E-state index contributed by atoms with van der Waals surface area (Å²) in [6, 6.07) is 0.467. The van der Waals surface area contributed by atoms with Crippen LogP contribution in [0.4, 0.5) is 0 Å². The summed E-state index contributed by atoms with van der Waals surface area (Å²) in [6.45, 7) is 5.01. The Bertz CT molecular complexity index is 311. The quantitative estimate of drug-likeness (QED) is 0.817. The molecule has 0 aliphatic carbocycles. The molecule has 15 heavy (non-hydrogen) atoms. The molecule has 2 heterocycles. The second kappa shape index (κ2) is 4.77. The molecule has 1 aliphatic rings. The normalized spacial score (nSPS) is 22.4. The van der Waals surface area contributed by atoms with Gasteiger partial charge in [-0.1, -0.05) is 0 Å². The fourth-order valence-corrected chi connectivity index (χ4v) is 2.21. The van der Waals surface area contributed by atoms with Crippen molar-refractivity contribution >= 4 is 0 Å². The molecule has 4 nitrogen and oxygen atoms in total. The number of nitrogens with one attached hydrogen (secondary N) is 1. The SMILES string of the molecule is COCCN1CCC[C@@H]1c1ncc(C)[nH]1. The molecule has 0 amide bonds. The Labute approximate surface area is 90.6 Å². The van der Waals surface area contributed by atoms with E-state index in [1.165, 1.54) is 12.8 Å². The molecule has 1 aromatic heterocycles. The molecule has 1 N–H and O–H groups in total. The number of ether oxygens (including phenoxy) is 1. The molecule has 0 aromatic carbocycles. The van der Waals surface area contributed by atoms with Crippen molar-refractivity contribution in [2.45, 2.75) is 25.8 Å². The first kappa shape index (κ1) is 10.6. The highest BCUT2D eigenvalue weighted by Gasteiger charge is 2.27. The summed E-state index contributed by atoms with van der Waals surface area (Å²) in [6.07, 6.45) is 4.37. The highest BCUT2D eigenvalue weighted by Crippen LogP contribution is 2.29. The number of hydrogen-bond acceptors (Lipinski definition) is 3. The van der Waals surface area contributed by atoms with Crippen LogP contribution in [0, 0.1) is 6.92 Å². The molecule has 1 atom stereocenters. The van der Waals surface area contributed by atoms with Crippen LogP contribution in [0.5, 0.6) is 0 Å². The maximum absolute atomic E-state index is 5.12. The first-order chi connectivity index (χ1) is 7.31. The van der Waals surface area contributed by atoms with Gasteiger partial charge in [-0.05, 0) is 26.3 Å². The molecule has 2 rings (SSSR count). The van der Waals surface area contributed by atoms with Gasteiger partial charge in [0.2, 0.25) is 0 Å². The molecule has 0 spiro atoms. The maximum Gasteiger partial charge on any atom is 0.123 e. The molecule has 1 aliphatic heterocycles. The monoisotopic (exact) mass is 209 g/mol.